The molecule has 0 bridgehead atoms. The maximum absolute atomic E-state index is 13.9. The number of nitrogens with one attached hydrogen (secondary N) is 1. The Morgan fingerprint density at radius 2 is 1.97 bits per heavy atom. The number of carbonyl (C=O) groups excluding carboxylic acids is 2. The molecule has 2 aromatic rings. The van der Waals surface area contributed by atoms with Gasteiger partial charge in [-0.05, 0) is 43.2 Å². The van der Waals surface area contributed by atoms with Crippen LogP contribution in [0.5, 0.6) is 11.5 Å². The summed E-state index contributed by atoms with van der Waals surface area (Å²) in [6.07, 6.45) is 1.38. The molecular weight excluding hydrogens is 375 g/mol. The summed E-state index contributed by atoms with van der Waals surface area (Å²) in [5.41, 5.74) is 0.838. The molecule has 1 heterocycles. The number of halogens is 1. The number of hydrogen-bond acceptors (Lipinski definition) is 4. The van der Waals surface area contributed by atoms with Crippen molar-refractivity contribution in [3.05, 3.63) is 59.4 Å². The standard InChI is InChI=1S/C22H25FN2O4/c1-28-17-9-10-20(29-2)16(12-17)13-24-21(26)15-6-5-11-25(14-15)22(27)18-7-3-4-8-19(18)23/h3-4,7-10,12,15H,5-6,11,13-14H2,1-2H3,(H,24,26)/t15-/m0/s1. The number of amides is 2. The second kappa shape index (κ2) is 9.41. The van der Waals surface area contributed by atoms with Crippen molar-refractivity contribution in [1.29, 1.82) is 0 Å². The van der Waals surface area contributed by atoms with Gasteiger partial charge in [-0.3, -0.25) is 9.59 Å². The van der Waals surface area contributed by atoms with Crippen LogP contribution in [0.2, 0.25) is 0 Å². The Hall–Kier alpha value is -3.09. The van der Waals surface area contributed by atoms with E-state index in [1.807, 2.05) is 6.07 Å². The normalized spacial score (nSPS) is 16.2. The fourth-order valence-electron chi connectivity index (χ4n) is 3.53. The van der Waals surface area contributed by atoms with Gasteiger partial charge < -0.3 is 19.7 Å². The van der Waals surface area contributed by atoms with Crippen LogP contribution in [0.15, 0.2) is 42.5 Å². The van der Waals surface area contributed by atoms with Crippen molar-refractivity contribution < 1.29 is 23.5 Å². The summed E-state index contributed by atoms with van der Waals surface area (Å²) in [5, 5.41) is 2.92. The molecular formula is C22H25FN2O4. The van der Waals surface area contributed by atoms with Crippen LogP contribution in [-0.4, -0.2) is 44.0 Å². The Balaban J connectivity index is 1.63. The molecule has 29 heavy (non-hydrogen) atoms. The molecule has 1 saturated heterocycles. The molecule has 2 amide bonds. The molecule has 0 saturated carbocycles. The highest BCUT2D eigenvalue weighted by Crippen LogP contribution is 2.24. The molecule has 0 aliphatic carbocycles. The number of hydrogen-bond donors (Lipinski definition) is 1. The lowest BCUT2D eigenvalue weighted by atomic mass is 9.96. The Morgan fingerprint density at radius 3 is 2.69 bits per heavy atom. The van der Waals surface area contributed by atoms with Gasteiger partial charge in [0, 0.05) is 25.2 Å². The van der Waals surface area contributed by atoms with Crippen LogP contribution in [0.3, 0.4) is 0 Å². The zero-order chi connectivity index (χ0) is 20.8. The monoisotopic (exact) mass is 400 g/mol. The number of methoxy groups -OCH3 is 2. The average Bonchev–Trinajstić information content (AvgIpc) is 2.77. The van der Waals surface area contributed by atoms with Gasteiger partial charge in [0.2, 0.25) is 5.91 Å². The predicted molar refractivity (Wildman–Crippen MR) is 106 cm³/mol. The van der Waals surface area contributed by atoms with Crippen LogP contribution in [0.4, 0.5) is 4.39 Å². The lowest BCUT2D eigenvalue weighted by molar-refractivity contribution is -0.126. The number of carbonyl (C=O) groups is 2. The Bertz CT molecular complexity index is 887. The minimum absolute atomic E-state index is 0.0367. The second-order valence-electron chi connectivity index (χ2n) is 6.97. The largest absolute Gasteiger partial charge is 0.497 e. The van der Waals surface area contributed by atoms with E-state index in [9.17, 15) is 14.0 Å². The molecule has 0 spiro atoms. The summed E-state index contributed by atoms with van der Waals surface area (Å²) < 4.78 is 24.5. The van der Waals surface area contributed by atoms with Crippen molar-refractivity contribution in [1.82, 2.24) is 10.2 Å². The van der Waals surface area contributed by atoms with Crippen LogP contribution in [0.25, 0.3) is 0 Å². The van der Waals surface area contributed by atoms with Gasteiger partial charge in [-0.2, -0.15) is 0 Å². The van der Waals surface area contributed by atoms with E-state index in [4.69, 9.17) is 9.47 Å². The fraction of sp³-hybridized carbons (Fsp3) is 0.364. The number of piperidine rings is 1. The van der Waals surface area contributed by atoms with E-state index in [1.54, 1.807) is 43.4 Å². The molecule has 1 aliphatic rings. The van der Waals surface area contributed by atoms with Gasteiger partial charge in [0.05, 0.1) is 25.7 Å². The maximum Gasteiger partial charge on any atom is 0.256 e. The minimum atomic E-state index is -0.547. The van der Waals surface area contributed by atoms with Crippen molar-refractivity contribution in [2.45, 2.75) is 19.4 Å². The smallest absolute Gasteiger partial charge is 0.256 e. The number of benzene rings is 2. The molecule has 0 radical (unpaired) electrons. The van der Waals surface area contributed by atoms with E-state index in [1.165, 1.54) is 12.1 Å². The van der Waals surface area contributed by atoms with Gasteiger partial charge in [-0.15, -0.1) is 0 Å². The highest BCUT2D eigenvalue weighted by molar-refractivity contribution is 5.95. The third-order valence-corrected chi connectivity index (χ3v) is 5.12. The van der Waals surface area contributed by atoms with E-state index in [0.717, 1.165) is 5.56 Å². The van der Waals surface area contributed by atoms with Gasteiger partial charge >= 0.3 is 0 Å². The Kier molecular flexibility index (Phi) is 6.69. The van der Waals surface area contributed by atoms with E-state index < -0.39 is 5.82 Å². The van der Waals surface area contributed by atoms with Crippen LogP contribution in [-0.2, 0) is 11.3 Å². The van der Waals surface area contributed by atoms with Gasteiger partial charge in [-0.25, -0.2) is 4.39 Å². The molecule has 7 heteroatoms. The first-order valence-electron chi connectivity index (χ1n) is 9.56. The molecule has 0 aromatic heterocycles. The Morgan fingerprint density at radius 1 is 1.17 bits per heavy atom. The van der Waals surface area contributed by atoms with Crippen molar-refractivity contribution in [2.24, 2.45) is 5.92 Å². The number of ether oxygens (including phenoxy) is 2. The third kappa shape index (κ3) is 4.85. The summed E-state index contributed by atoms with van der Waals surface area (Å²) >= 11 is 0. The molecule has 3 rings (SSSR count). The molecule has 2 aromatic carbocycles. The van der Waals surface area contributed by atoms with Crippen molar-refractivity contribution in [3.8, 4) is 11.5 Å². The summed E-state index contributed by atoms with van der Waals surface area (Å²) in [6.45, 7) is 1.08. The molecule has 0 unspecified atom stereocenters. The third-order valence-electron chi connectivity index (χ3n) is 5.12. The number of nitrogens with zero attached hydrogens (tertiary/aromatic N) is 1. The summed E-state index contributed by atoms with van der Waals surface area (Å²) in [5.74, 6) is -0.0679. The fourth-order valence-corrected chi connectivity index (χ4v) is 3.53. The highest BCUT2D eigenvalue weighted by Gasteiger charge is 2.29. The van der Waals surface area contributed by atoms with Crippen LogP contribution in [0.1, 0.15) is 28.8 Å². The van der Waals surface area contributed by atoms with Crippen molar-refractivity contribution in [3.63, 3.8) is 0 Å². The zero-order valence-corrected chi connectivity index (χ0v) is 16.6. The van der Waals surface area contributed by atoms with E-state index in [2.05, 4.69) is 5.32 Å². The highest BCUT2D eigenvalue weighted by atomic mass is 19.1. The summed E-state index contributed by atoms with van der Waals surface area (Å²) in [6, 6.07) is 11.3. The quantitative estimate of drug-likeness (QED) is 0.810. The van der Waals surface area contributed by atoms with Gasteiger partial charge in [0.1, 0.15) is 17.3 Å². The van der Waals surface area contributed by atoms with Crippen LogP contribution in [0, 0.1) is 11.7 Å². The lowest BCUT2D eigenvalue weighted by Crippen LogP contribution is -2.45. The van der Waals surface area contributed by atoms with Gasteiger partial charge in [0.25, 0.3) is 5.91 Å². The average molecular weight is 400 g/mol. The van der Waals surface area contributed by atoms with Crippen LogP contribution >= 0.6 is 0 Å². The molecule has 1 aliphatic heterocycles. The van der Waals surface area contributed by atoms with Gasteiger partial charge in [-0.1, -0.05) is 12.1 Å². The molecule has 154 valence electrons. The maximum atomic E-state index is 13.9. The van der Waals surface area contributed by atoms with Gasteiger partial charge in [0.15, 0.2) is 0 Å². The first-order valence-corrected chi connectivity index (χ1v) is 9.56. The van der Waals surface area contributed by atoms with E-state index in [0.29, 0.717) is 30.9 Å². The van der Waals surface area contributed by atoms with Crippen molar-refractivity contribution >= 4 is 11.8 Å². The molecule has 6 nitrogen and oxygen atoms in total. The molecule has 1 atom stereocenters. The lowest BCUT2D eigenvalue weighted by Gasteiger charge is -2.32. The SMILES string of the molecule is COc1ccc(OC)c(CNC(=O)[C@H]2CCCN(C(=O)c3ccccc3F)C2)c1. The van der Waals surface area contributed by atoms with Crippen LogP contribution < -0.4 is 14.8 Å². The first kappa shape index (κ1) is 20.6. The zero-order valence-electron chi connectivity index (χ0n) is 16.6. The predicted octanol–water partition coefficient (Wildman–Crippen LogP) is 3.01. The second-order valence-corrected chi connectivity index (χ2v) is 6.97. The summed E-state index contributed by atoms with van der Waals surface area (Å²) in [7, 11) is 3.15. The van der Waals surface area contributed by atoms with E-state index in [-0.39, 0.29) is 36.4 Å². The van der Waals surface area contributed by atoms with Crippen molar-refractivity contribution in [2.75, 3.05) is 27.3 Å². The minimum Gasteiger partial charge on any atom is -0.497 e. The molecule has 1 fully saturated rings. The number of likely N-dealkylation sites (tertiary alicyclic amines) is 1. The first-order chi connectivity index (χ1) is 14.0. The Labute approximate surface area is 169 Å². The topological polar surface area (TPSA) is 67.9 Å². The molecule has 1 N–H and O–H groups in total. The number of rotatable bonds is 6. The van der Waals surface area contributed by atoms with E-state index >= 15 is 0 Å². The summed E-state index contributed by atoms with van der Waals surface area (Å²) in [4.78, 5) is 26.9.